The van der Waals surface area contributed by atoms with Gasteiger partial charge in [-0.3, -0.25) is 4.99 Å². The van der Waals surface area contributed by atoms with Crippen molar-refractivity contribution in [1.29, 1.82) is 0 Å². The highest BCUT2D eigenvalue weighted by atomic mass is 15.5. The molecule has 2 atom stereocenters. The third kappa shape index (κ3) is 4.06. The molecule has 3 nitrogen and oxygen atoms in total. The van der Waals surface area contributed by atoms with Crippen LogP contribution in [0.5, 0.6) is 0 Å². The van der Waals surface area contributed by atoms with Crippen molar-refractivity contribution in [3.63, 3.8) is 0 Å². The van der Waals surface area contributed by atoms with Crippen molar-refractivity contribution < 1.29 is 0 Å². The first-order valence-electron chi connectivity index (χ1n) is 15.3. The van der Waals surface area contributed by atoms with Gasteiger partial charge in [-0.25, -0.2) is 0 Å². The Morgan fingerprint density at radius 3 is 2.09 bits per heavy atom. The third-order valence-electron chi connectivity index (χ3n) is 11.8. The summed E-state index contributed by atoms with van der Waals surface area (Å²) in [6.07, 6.45) is 27.1. The lowest BCUT2D eigenvalue weighted by atomic mass is 9.49. The van der Waals surface area contributed by atoms with Crippen LogP contribution >= 0.6 is 0 Å². The lowest BCUT2D eigenvalue weighted by Gasteiger charge is -2.57. The molecule has 6 aliphatic carbocycles. The van der Waals surface area contributed by atoms with E-state index in [2.05, 4.69) is 9.80 Å². The fraction of sp³-hybridized carbons (Fsp3) is 0.967. The second-order valence-electron chi connectivity index (χ2n) is 14.0. The molecule has 4 bridgehead atoms. The molecule has 7 fully saturated rings. The fourth-order valence-electron chi connectivity index (χ4n) is 10.6. The Morgan fingerprint density at radius 1 is 0.788 bits per heavy atom. The number of nitrogens with zero attached hydrogens (tertiary/aromatic N) is 3. The average Bonchev–Trinajstić information content (AvgIpc) is 3.38. The molecular formula is C30H49N3. The average molecular weight is 452 g/mol. The number of hydrogen-bond donors (Lipinski definition) is 0. The SMILES string of the molecule is C1CCC(C[C@H]2CN=C3N2C[C@@H](C2CCCCC2)N3CCC23CC4CC(CC(C4)C2)C3)CC1. The van der Waals surface area contributed by atoms with Gasteiger partial charge in [-0.1, -0.05) is 51.4 Å². The van der Waals surface area contributed by atoms with Gasteiger partial charge >= 0.3 is 0 Å². The van der Waals surface area contributed by atoms with Crippen molar-refractivity contribution in [3.8, 4) is 0 Å². The van der Waals surface area contributed by atoms with Crippen LogP contribution in [-0.2, 0) is 0 Å². The van der Waals surface area contributed by atoms with E-state index in [4.69, 9.17) is 4.99 Å². The smallest absolute Gasteiger partial charge is 0.197 e. The summed E-state index contributed by atoms with van der Waals surface area (Å²) in [7, 11) is 0. The minimum absolute atomic E-state index is 0.708. The Bertz CT molecular complexity index is 696. The summed E-state index contributed by atoms with van der Waals surface area (Å²) in [4.78, 5) is 11.1. The largest absolute Gasteiger partial charge is 0.338 e. The zero-order valence-corrected chi connectivity index (χ0v) is 21.2. The molecule has 0 aromatic carbocycles. The van der Waals surface area contributed by atoms with Gasteiger partial charge in [0.05, 0.1) is 18.6 Å². The van der Waals surface area contributed by atoms with Crippen LogP contribution in [0.4, 0.5) is 0 Å². The molecule has 8 rings (SSSR count). The number of hydrogen-bond acceptors (Lipinski definition) is 3. The molecule has 184 valence electrons. The molecule has 0 aromatic rings. The van der Waals surface area contributed by atoms with E-state index < -0.39 is 0 Å². The van der Waals surface area contributed by atoms with E-state index in [1.54, 1.807) is 38.5 Å². The number of fused-ring (bicyclic) bond motifs is 1. The maximum absolute atomic E-state index is 5.30. The van der Waals surface area contributed by atoms with Crippen LogP contribution in [0.15, 0.2) is 4.99 Å². The maximum Gasteiger partial charge on any atom is 0.197 e. The summed E-state index contributed by atoms with van der Waals surface area (Å²) < 4.78 is 0. The van der Waals surface area contributed by atoms with Gasteiger partial charge in [0.2, 0.25) is 0 Å². The van der Waals surface area contributed by atoms with E-state index in [1.165, 1.54) is 96.1 Å². The normalized spacial score (nSPS) is 43.4. The van der Waals surface area contributed by atoms with Crippen molar-refractivity contribution in [2.45, 2.75) is 128 Å². The molecule has 3 heteroatoms. The molecule has 8 aliphatic rings. The molecule has 33 heavy (non-hydrogen) atoms. The Balaban J connectivity index is 1.07. The van der Waals surface area contributed by atoms with Crippen LogP contribution in [0.3, 0.4) is 0 Å². The summed E-state index contributed by atoms with van der Waals surface area (Å²) in [6, 6.07) is 1.49. The molecule has 1 saturated heterocycles. The lowest BCUT2D eigenvalue weighted by Crippen LogP contribution is -2.48. The van der Waals surface area contributed by atoms with E-state index in [9.17, 15) is 0 Å². The summed E-state index contributed by atoms with van der Waals surface area (Å²) in [5, 5.41) is 0. The number of aliphatic imine (C=N–C) groups is 1. The minimum atomic E-state index is 0.708. The Morgan fingerprint density at radius 2 is 1.42 bits per heavy atom. The molecule has 2 heterocycles. The maximum atomic E-state index is 5.30. The predicted octanol–water partition coefficient (Wildman–Crippen LogP) is 6.87. The van der Waals surface area contributed by atoms with Crippen LogP contribution in [0.2, 0.25) is 0 Å². The molecular weight excluding hydrogens is 402 g/mol. The van der Waals surface area contributed by atoms with E-state index in [1.807, 2.05) is 0 Å². The molecule has 0 radical (unpaired) electrons. The summed E-state index contributed by atoms with van der Waals surface area (Å²) in [6.45, 7) is 3.72. The molecule has 0 aromatic heterocycles. The van der Waals surface area contributed by atoms with Gasteiger partial charge in [-0.05, 0) is 99.2 Å². The van der Waals surface area contributed by atoms with Gasteiger partial charge < -0.3 is 9.80 Å². The zero-order chi connectivity index (χ0) is 21.8. The van der Waals surface area contributed by atoms with Crippen LogP contribution in [0.25, 0.3) is 0 Å². The van der Waals surface area contributed by atoms with Crippen LogP contribution in [0.1, 0.15) is 116 Å². The minimum Gasteiger partial charge on any atom is -0.338 e. The number of rotatable bonds is 6. The van der Waals surface area contributed by atoms with Crippen molar-refractivity contribution in [3.05, 3.63) is 0 Å². The molecule has 0 amide bonds. The Kier molecular flexibility index (Phi) is 5.70. The summed E-state index contributed by atoms with van der Waals surface area (Å²) >= 11 is 0. The van der Waals surface area contributed by atoms with Gasteiger partial charge in [-0.2, -0.15) is 0 Å². The second kappa shape index (κ2) is 8.74. The van der Waals surface area contributed by atoms with E-state index in [0.717, 1.165) is 48.2 Å². The predicted molar refractivity (Wildman–Crippen MR) is 136 cm³/mol. The first-order valence-corrected chi connectivity index (χ1v) is 15.3. The van der Waals surface area contributed by atoms with Crippen molar-refractivity contribution in [2.24, 2.45) is 40.0 Å². The van der Waals surface area contributed by atoms with Gasteiger partial charge in [0.15, 0.2) is 5.96 Å². The summed E-state index contributed by atoms with van der Waals surface area (Å²) in [5.41, 5.74) is 0.708. The highest BCUT2D eigenvalue weighted by Crippen LogP contribution is 2.61. The Hall–Kier alpha value is -0.730. The first-order chi connectivity index (χ1) is 16.2. The Labute approximate surface area is 203 Å². The standard InChI is InChI=1S/C30H49N3/c1-3-7-22(8-4-1)16-27-20-31-29-32(28(21-33(27)29)26-9-5-2-6-10-26)12-11-30-17-23-13-24(18-30)15-25(14-23)19-30/h22-28H,1-21H2/t23?,24?,25?,27-,28-,30?/m0/s1. The molecule has 0 spiro atoms. The van der Waals surface area contributed by atoms with Gasteiger partial charge in [-0.15, -0.1) is 0 Å². The second-order valence-corrected chi connectivity index (χ2v) is 14.0. The lowest BCUT2D eigenvalue weighted by molar-refractivity contribution is -0.0601. The van der Waals surface area contributed by atoms with Gasteiger partial charge in [0.1, 0.15) is 0 Å². The van der Waals surface area contributed by atoms with E-state index in [-0.39, 0.29) is 0 Å². The first kappa shape index (κ1) is 21.5. The zero-order valence-electron chi connectivity index (χ0n) is 21.2. The third-order valence-corrected chi connectivity index (χ3v) is 11.8. The van der Waals surface area contributed by atoms with Crippen LogP contribution < -0.4 is 0 Å². The van der Waals surface area contributed by atoms with Crippen molar-refractivity contribution >= 4 is 5.96 Å². The van der Waals surface area contributed by atoms with Crippen LogP contribution in [0, 0.1) is 35.0 Å². The molecule has 0 N–H and O–H groups in total. The van der Waals surface area contributed by atoms with Crippen molar-refractivity contribution in [1.82, 2.24) is 9.80 Å². The van der Waals surface area contributed by atoms with E-state index in [0.29, 0.717) is 5.41 Å². The van der Waals surface area contributed by atoms with E-state index >= 15 is 0 Å². The van der Waals surface area contributed by atoms with Gasteiger partial charge in [0.25, 0.3) is 0 Å². The highest BCUT2D eigenvalue weighted by Gasteiger charge is 2.52. The molecule has 0 unspecified atom stereocenters. The highest BCUT2D eigenvalue weighted by molar-refractivity contribution is 5.84. The number of guanidine groups is 1. The molecule has 2 aliphatic heterocycles. The van der Waals surface area contributed by atoms with Crippen molar-refractivity contribution in [2.75, 3.05) is 19.6 Å². The quantitative estimate of drug-likeness (QED) is 0.439. The van der Waals surface area contributed by atoms with Crippen LogP contribution in [-0.4, -0.2) is 47.5 Å². The summed E-state index contributed by atoms with van der Waals surface area (Å²) in [5.74, 6) is 6.62. The topological polar surface area (TPSA) is 18.8 Å². The molecule has 6 saturated carbocycles. The fourth-order valence-corrected chi connectivity index (χ4v) is 10.6. The van der Waals surface area contributed by atoms with Gasteiger partial charge in [0, 0.05) is 13.1 Å². The monoisotopic (exact) mass is 451 g/mol.